The molecule has 25 heavy (non-hydrogen) atoms. The van der Waals surface area contributed by atoms with Crippen LogP contribution < -0.4 is 5.32 Å². The number of ether oxygens (including phenoxy) is 1. The quantitative estimate of drug-likeness (QED) is 0.741. The molecule has 0 aliphatic carbocycles. The van der Waals surface area contributed by atoms with E-state index in [0.717, 1.165) is 12.0 Å². The predicted octanol–water partition coefficient (Wildman–Crippen LogP) is 1.66. The van der Waals surface area contributed by atoms with Crippen molar-refractivity contribution < 1.29 is 22.7 Å². The molecule has 0 spiro atoms. The van der Waals surface area contributed by atoms with Gasteiger partial charge in [-0.25, -0.2) is 8.42 Å². The third-order valence-corrected chi connectivity index (χ3v) is 6.34. The average molecular weight is 367 g/mol. The van der Waals surface area contributed by atoms with Gasteiger partial charge in [0, 0.05) is 6.04 Å². The van der Waals surface area contributed by atoms with Gasteiger partial charge >= 0.3 is 5.97 Å². The van der Waals surface area contributed by atoms with Crippen molar-refractivity contribution >= 4 is 21.7 Å². The zero-order valence-electron chi connectivity index (χ0n) is 14.6. The standard InChI is InChI=1S/C18H25NO5S/c1-3-13(2)17(14-7-5-4-6-8-14)18(21)24-11-16(20)19-15-9-10-25(22,23)12-15/h4-8,13,15,17H,3,9-12H2,1-2H3,(H,19,20). The van der Waals surface area contributed by atoms with Gasteiger partial charge in [-0.15, -0.1) is 0 Å². The Morgan fingerprint density at radius 3 is 2.52 bits per heavy atom. The highest BCUT2D eigenvalue weighted by Crippen LogP contribution is 2.28. The van der Waals surface area contributed by atoms with Crippen molar-refractivity contribution in [3.05, 3.63) is 35.9 Å². The van der Waals surface area contributed by atoms with Crippen molar-refractivity contribution in [1.29, 1.82) is 0 Å². The first kappa shape index (κ1) is 19.4. The van der Waals surface area contributed by atoms with E-state index in [9.17, 15) is 18.0 Å². The molecule has 1 heterocycles. The van der Waals surface area contributed by atoms with Gasteiger partial charge in [0.25, 0.3) is 5.91 Å². The third-order valence-electron chi connectivity index (χ3n) is 4.57. The van der Waals surface area contributed by atoms with Gasteiger partial charge in [-0.1, -0.05) is 50.6 Å². The second kappa shape index (κ2) is 8.47. The number of rotatable bonds is 7. The second-order valence-electron chi connectivity index (χ2n) is 6.55. The number of carbonyl (C=O) groups excluding carboxylic acids is 2. The fourth-order valence-electron chi connectivity index (χ4n) is 3.00. The Hall–Kier alpha value is -1.89. The minimum Gasteiger partial charge on any atom is -0.455 e. The number of benzene rings is 1. The Morgan fingerprint density at radius 2 is 1.96 bits per heavy atom. The van der Waals surface area contributed by atoms with Crippen molar-refractivity contribution in [2.45, 2.75) is 38.6 Å². The molecular formula is C18H25NO5S. The molecule has 1 saturated heterocycles. The minimum atomic E-state index is -3.06. The Kier molecular flexibility index (Phi) is 6.58. The Balaban J connectivity index is 1.91. The molecule has 2 rings (SSSR count). The summed E-state index contributed by atoms with van der Waals surface area (Å²) in [5.74, 6) is -1.21. The predicted molar refractivity (Wildman–Crippen MR) is 94.8 cm³/mol. The molecule has 3 atom stereocenters. The number of hydrogen-bond acceptors (Lipinski definition) is 5. The summed E-state index contributed by atoms with van der Waals surface area (Å²) in [4.78, 5) is 24.4. The molecule has 1 aliphatic rings. The maximum Gasteiger partial charge on any atom is 0.314 e. The highest BCUT2D eigenvalue weighted by atomic mass is 32.2. The Bertz CT molecular complexity index is 701. The summed E-state index contributed by atoms with van der Waals surface area (Å²) in [6.45, 7) is 3.58. The van der Waals surface area contributed by atoms with Crippen LogP contribution in [0.2, 0.25) is 0 Å². The van der Waals surface area contributed by atoms with Crippen LogP contribution in [0.3, 0.4) is 0 Å². The molecule has 6 nitrogen and oxygen atoms in total. The lowest BCUT2D eigenvalue weighted by Gasteiger charge is -2.22. The summed E-state index contributed by atoms with van der Waals surface area (Å²) in [5.41, 5.74) is 0.865. The summed E-state index contributed by atoms with van der Waals surface area (Å²) in [6, 6.07) is 8.97. The molecule has 0 radical (unpaired) electrons. The van der Waals surface area contributed by atoms with Crippen LogP contribution in [-0.2, 0) is 24.2 Å². The first-order valence-electron chi connectivity index (χ1n) is 8.53. The normalized spacial score (nSPS) is 21.3. The SMILES string of the molecule is CCC(C)C(C(=O)OCC(=O)NC1CCS(=O)(=O)C1)c1ccccc1. The molecule has 7 heteroatoms. The zero-order chi connectivity index (χ0) is 18.4. The molecule has 1 aliphatic heterocycles. The lowest BCUT2D eigenvalue weighted by Crippen LogP contribution is -2.38. The van der Waals surface area contributed by atoms with Crippen LogP contribution in [0.1, 0.15) is 38.2 Å². The molecule has 1 N–H and O–H groups in total. The van der Waals surface area contributed by atoms with E-state index in [2.05, 4.69) is 5.32 Å². The fraction of sp³-hybridized carbons (Fsp3) is 0.556. The summed E-state index contributed by atoms with van der Waals surface area (Å²) < 4.78 is 28.0. The maximum absolute atomic E-state index is 12.5. The molecular weight excluding hydrogens is 342 g/mol. The van der Waals surface area contributed by atoms with Gasteiger partial charge in [-0.05, 0) is 17.9 Å². The number of nitrogens with one attached hydrogen (secondary N) is 1. The monoisotopic (exact) mass is 367 g/mol. The van der Waals surface area contributed by atoms with Gasteiger partial charge in [-0.2, -0.15) is 0 Å². The topological polar surface area (TPSA) is 89.5 Å². The molecule has 0 aromatic heterocycles. The zero-order valence-corrected chi connectivity index (χ0v) is 15.4. The highest BCUT2D eigenvalue weighted by molar-refractivity contribution is 7.91. The second-order valence-corrected chi connectivity index (χ2v) is 8.78. The van der Waals surface area contributed by atoms with E-state index in [4.69, 9.17) is 4.74 Å². The molecule has 138 valence electrons. The average Bonchev–Trinajstić information content (AvgIpc) is 2.92. The van der Waals surface area contributed by atoms with Crippen molar-refractivity contribution in [3.63, 3.8) is 0 Å². The summed E-state index contributed by atoms with van der Waals surface area (Å²) in [5, 5.41) is 2.62. The van der Waals surface area contributed by atoms with Crippen LogP contribution in [0.25, 0.3) is 0 Å². The number of amides is 1. The van der Waals surface area contributed by atoms with Crippen LogP contribution in [-0.4, -0.2) is 44.4 Å². The molecule has 1 fully saturated rings. The summed E-state index contributed by atoms with van der Waals surface area (Å²) in [6.07, 6.45) is 1.21. The molecule has 1 amide bonds. The largest absolute Gasteiger partial charge is 0.455 e. The van der Waals surface area contributed by atoms with Crippen molar-refractivity contribution in [3.8, 4) is 0 Å². The first-order chi connectivity index (χ1) is 11.8. The lowest BCUT2D eigenvalue weighted by molar-refractivity contribution is -0.151. The van der Waals surface area contributed by atoms with E-state index in [1.807, 2.05) is 44.2 Å². The molecule has 0 bridgehead atoms. The van der Waals surface area contributed by atoms with E-state index in [-0.39, 0.29) is 17.4 Å². The van der Waals surface area contributed by atoms with E-state index < -0.39 is 40.3 Å². The van der Waals surface area contributed by atoms with E-state index in [1.165, 1.54) is 0 Å². The van der Waals surface area contributed by atoms with E-state index in [1.54, 1.807) is 0 Å². The minimum absolute atomic E-state index is 0.0494. The smallest absolute Gasteiger partial charge is 0.314 e. The van der Waals surface area contributed by atoms with Crippen LogP contribution >= 0.6 is 0 Å². The number of esters is 1. The van der Waals surface area contributed by atoms with Crippen molar-refractivity contribution in [2.75, 3.05) is 18.1 Å². The molecule has 0 saturated carbocycles. The van der Waals surface area contributed by atoms with Crippen LogP contribution in [0.4, 0.5) is 0 Å². The van der Waals surface area contributed by atoms with Crippen molar-refractivity contribution in [1.82, 2.24) is 5.32 Å². The number of carbonyl (C=O) groups is 2. The van der Waals surface area contributed by atoms with Gasteiger partial charge in [-0.3, -0.25) is 9.59 Å². The Morgan fingerprint density at radius 1 is 1.28 bits per heavy atom. The van der Waals surface area contributed by atoms with E-state index >= 15 is 0 Å². The molecule has 1 aromatic carbocycles. The third kappa shape index (κ3) is 5.56. The highest BCUT2D eigenvalue weighted by Gasteiger charge is 2.30. The lowest BCUT2D eigenvalue weighted by atomic mass is 9.86. The van der Waals surface area contributed by atoms with Gasteiger partial charge in [0.15, 0.2) is 16.4 Å². The summed E-state index contributed by atoms with van der Waals surface area (Å²) in [7, 11) is -3.06. The first-order valence-corrected chi connectivity index (χ1v) is 10.4. The van der Waals surface area contributed by atoms with Crippen molar-refractivity contribution in [2.24, 2.45) is 5.92 Å². The van der Waals surface area contributed by atoms with Gasteiger partial charge in [0.1, 0.15) is 0 Å². The van der Waals surface area contributed by atoms with Crippen LogP contribution in [0, 0.1) is 5.92 Å². The van der Waals surface area contributed by atoms with E-state index in [0.29, 0.717) is 6.42 Å². The molecule has 1 aromatic rings. The summed E-state index contributed by atoms with van der Waals surface area (Å²) >= 11 is 0. The van der Waals surface area contributed by atoms with Gasteiger partial charge < -0.3 is 10.1 Å². The maximum atomic E-state index is 12.5. The van der Waals surface area contributed by atoms with Gasteiger partial charge in [0.2, 0.25) is 0 Å². The number of sulfone groups is 1. The van der Waals surface area contributed by atoms with Crippen LogP contribution in [0.5, 0.6) is 0 Å². The Labute approximate surface area is 148 Å². The fourth-order valence-corrected chi connectivity index (χ4v) is 4.67. The van der Waals surface area contributed by atoms with Crippen LogP contribution in [0.15, 0.2) is 30.3 Å². The molecule has 3 unspecified atom stereocenters. The number of hydrogen-bond donors (Lipinski definition) is 1. The van der Waals surface area contributed by atoms with Gasteiger partial charge in [0.05, 0.1) is 17.4 Å².